The molecular formula is C17H17FO. The third-order valence-corrected chi connectivity index (χ3v) is 3.42. The highest BCUT2D eigenvalue weighted by molar-refractivity contribution is 5.87. The van der Waals surface area contributed by atoms with Crippen LogP contribution in [0, 0.1) is 5.82 Å². The van der Waals surface area contributed by atoms with Crippen molar-refractivity contribution in [3.8, 4) is 11.1 Å². The topological polar surface area (TPSA) is 17.1 Å². The zero-order chi connectivity index (χ0) is 13.8. The van der Waals surface area contributed by atoms with Crippen LogP contribution in [0.25, 0.3) is 11.1 Å². The Balaban J connectivity index is 2.58. The van der Waals surface area contributed by atoms with Gasteiger partial charge in [-0.05, 0) is 53.3 Å². The Labute approximate surface area is 113 Å². The van der Waals surface area contributed by atoms with Gasteiger partial charge in [-0.3, -0.25) is 4.79 Å². The second-order valence-electron chi connectivity index (χ2n) is 4.54. The highest BCUT2D eigenvalue weighted by Gasteiger charge is 2.08. The van der Waals surface area contributed by atoms with Gasteiger partial charge in [-0.1, -0.05) is 32.0 Å². The minimum Gasteiger partial charge on any atom is -0.298 e. The van der Waals surface area contributed by atoms with E-state index in [0.717, 1.165) is 24.7 Å². The number of hydrogen-bond donors (Lipinski definition) is 0. The van der Waals surface area contributed by atoms with Gasteiger partial charge in [0.05, 0.1) is 0 Å². The average Bonchev–Trinajstić information content (AvgIpc) is 2.46. The molecule has 0 N–H and O–H groups in total. The smallest absolute Gasteiger partial charge is 0.150 e. The lowest BCUT2D eigenvalue weighted by molar-refractivity contribution is 0.112. The fourth-order valence-corrected chi connectivity index (χ4v) is 2.35. The molecule has 0 aromatic heterocycles. The number of rotatable bonds is 4. The molecule has 0 fully saturated rings. The molecule has 2 rings (SSSR count). The summed E-state index contributed by atoms with van der Waals surface area (Å²) in [7, 11) is 0. The van der Waals surface area contributed by atoms with Crippen LogP contribution in [0.1, 0.15) is 35.3 Å². The number of benzene rings is 2. The summed E-state index contributed by atoms with van der Waals surface area (Å²) >= 11 is 0. The van der Waals surface area contributed by atoms with Crippen LogP contribution in [-0.2, 0) is 12.8 Å². The van der Waals surface area contributed by atoms with Crippen molar-refractivity contribution >= 4 is 6.29 Å². The van der Waals surface area contributed by atoms with Crippen molar-refractivity contribution in [1.29, 1.82) is 0 Å². The third-order valence-electron chi connectivity index (χ3n) is 3.42. The van der Waals surface area contributed by atoms with Crippen LogP contribution in [0.3, 0.4) is 0 Å². The van der Waals surface area contributed by atoms with Gasteiger partial charge in [0.15, 0.2) is 6.29 Å². The van der Waals surface area contributed by atoms with Gasteiger partial charge in [-0.2, -0.15) is 0 Å². The first-order chi connectivity index (χ1) is 9.19. The summed E-state index contributed by atoms with van der Waals surface area (Å²) in [5.41, 5.74) is 4.63. The average molecular weight is 256 g/mol. The van der Waals surface area contributed by atoms with E-state index in [1.54, 1.807) is 0 Å². The Hall–Kier alpha value is -1.96. The summed E-state index contributed by atoms with van der Waals surface area (Å²) in [5, 5.41) is 0. The van der Waals surface area contributed by atoms with E-state index in [-0.39, 0.29) is 5.82 Å². The molecular weight excluding hydrogens is 239 g/mol. The summed E-state index contributed by atoms with van der Waals surface area (Å²) in [6.45, 7) is 4.22. The third kappa shape index (κ3) is 2.73. The minimum absolute atomic E-state index is 0.321. The molecule has 0 spiro atoms. The largest absolute Gasteiger partial charge is 0.298 e. The predicted octanol–water partition coefficient (Wildman–Crippen LogP) is 4.43. The van der Waals surface area contributed by atoms with Crippen molar-refractivity contribution < 1.29 is 9.18 Å². The van der Waals surface area contributed by atoms with Crippen molar-refractivity contribution in [2.45, 2.75) is 26.7 Å². The van der Waals surface area contributed by atoms with Gasteiger partial charge in [-0.15, -0.1) is 0 Å². The monoisotopic (exact) mass is 256 g/mol. The Morgan fingerprint density at radius 1 is 1.00 bits per heavy atom. The van der Waals surface area contributed by atoms with E-state index in [9.17, 15) is 9.18 Å². The number of aryl methyl sites for hydroxylation is 2. The summed E-state index contributed by atoms with van der Waals surface area (Å²) in [5.74, 6) is -0.321. The summed E-state index contributed by atoms with van der Waals surface area (Å²) in [6.07, 6.45) is 2.68. The molecule has 0 saturated heterocycles. The van der Waals surface area contributed by atoms with E-state index in [4.69, 9.17) is 0 Å². The van der Waals surface area contributed by atoms with Crippen molar-refractivity contribution in [3.05, 3.63) is 58.9 Å². The summed E-state index contributed by atoms with van der Waals surface area (Å²) in [4.78, 5) is 11.1. The standard InChI is InChI=1S/C17H17FO/c1-3-12-5-6-14(9-13(12)4-2)17-10-16(18)8-7-15(17)11-19/h5-11H,3-4H2,1-2H3. The van der Waals surface area contributed by atoms with Gasteiger partial charge < -0.3 is 0 Å². The van der Waals surface area contributed by atoms with Gasteiger partial charge in [0.25, 0.3) is 0 Å². The molecule has 0 aliphatic rings. The van der Waals surface area contributed by atoms with Crippen molar-refractivity contribution in [2.75, 3.05) is 0 Å². The Kier molecular flexibility index (Phi) is 4.10. The van der Waals surface area contributed by atoms with E-state index in [0.29, 0.717) is 11.1 Å². The van der Waals surface area contributed by atoms with Crippen LogP contribution < -0.4 is 0 Å². The van der Waals surface area contributed by atoms with Crippen molar-refractivity contribution in [1.82, 2.24) is 0 Å². The molecule has 0 atom stereocenters. The lowest BCUT2D eigenvalue weighted by atomic mass is 9.94. The maximum Gasteiger partial charge on any atom is 0.150 e. The maximum absolute atomic E-state index is 13.4. The predicted molar refractivity (Wildman–Crippen MR) is 76.0 cm³/mol. The number of carbonyl (C=O) groups excluding carboxylic acids is 1. The van der Waals surface area contributed by atoms with E-state index in [2.05, 4.69) is 26.0 Å². The van der Waals surface area contributed by atoms with Crippen LogP contribution >= 0.6 is 0 Å². The van der Waals surface area contributed by atoms with Crippen LogP contribution in [0.4, 0.5) is 4.39 Å². The van der Waals surface area contributed by atoms with Crippen molar-refractivity contribution in [2.24, 2.45) is 0 Å². The first-order valence-electron chi connectivity index (χ1n) is 6.56. The fraction of sp³-hybridized carbons (Fsp3) is 0.235. The fourth-order valence-electron chi connectivity index (χ4n) is 2.35. The lowest BCUT2D eigenvalue weighted by Crippen LogP contribution is -1.94. The molecule has 2 heteroatoms. The Morgan fingerprint density at radius 3 is 2.37 bits per heavy atom. The van der Waals surface area contributed by atoms with Crippen LogP contribution in [0.15, 0.2) is 36.4 Å². The molecule has 0 heterocycles. The number of halogens is 1. The molecule has 0 unspecified atom stereocenters. The molecule has 0 amide bonds. The molecule has 0 radical (unpaired) electrons. The van der Waals surface area contributed by atoms with Gasteiger partial charge in [-0.25, -0.2) is 4.39 Å². The van der Waals surface area contributed by atoms with Gasteiger partial charge >= 0.3 is 0 Å². The second-order valence-corrected chi connectivity index (χ2v) is 4.54. The zero-order valence-corrected chi connectivity index (χ0v) is 11.2. The highest BCUT2D eigenvalue weighted by Crippen LogP contribution is 2.26. The molecule has 0 aliphatic carbocycles. The van der Waals surface area contributed by atoms with Crippen LogP contribution in [-0.4, -0.2) is 6.29 Å². The molecule has 19 heavy (non-hydrogen) atoms. The first-order valence-corrected chi connectivity index (χ1v) is 6.56. The maximum atomic E-state index is 13.4. The molecule has 0 bridgehead atoms. The van der Waals surface area contributed by atoms with Gasteiger partial charge in [0, 0.05) is 5.56 Å². The Bertz CT molecular complexity index is 602. The molecule has 0 saturated carbocycles. The highest BCUT2D eigenvalue weighted by atomic mass is 19.1. The van der Waals surface area contributed by atoms with Crippen LogP contribution in [0.2, 0.25) is 0 Å². The minimum atomic E-state index is -0.321. The van der Waals surface area contributed by atoms with E-state index < -0.39 is 0 Å². The van der Waals surface area contributed by atoms with Gasteiger partial charge in [0.1, 0.15) is 5.82 Å². The Morgan fingerprint density at radius 2 is 1.74 bits per heavy atom. The zero-order valence-electron chi connectivity index (χ0n) is 11.2. The van der Waals surface area contributed by atoms with Crippen molar-refractivity contribution in [3.63, 3.8) is 0 Å². The molecule has 2 aromatic carbocycles. The molecule has 98 valence electrons. The van der Waals surface area contributed by atoms with Gasteiger partial charge in [0.2, 0.25) is 0 Å². The first kappa shape index (κ1) is 13.5. The second kappa shape index (κ2) is 5.79. The normalized spacial score (nSPS) is 10.5. The molecule has 1 nitrogen and oxygen atoms in total. The number of hydrogen-bond acceptors (Lipinski definition) is 1. The number of carbonyl (C=O) groups is 1. The van der Waals surface area contributed by atoms with E-state index in [1.807, 2.05) is 6.07 Å². The van der Waals surface area contributed by atoms with E-state index in [1.165, 1.54) is 29.3 Å². The molecule has 0 aliphatic heterocycles. The van der Waals surface area contributed by atoms with Crippen LogP contribution in [0.5, 0.6) is 0 Å². The lowest BCUT2D eigenvalue weighted by Gasteiger charge is -2.11. The molecule has 2 aromatic rings. The number of aldehydes is 1. The SMILES string of the molecule is CCc1ccc(-c2cc(F)ccc2C=O)cc1CC. The summed E-state index contributed by atoms with van der Waals surface area (Å²) in [6, 6.07) is 10.3. The quantitative estimate of drug-likeness (QED) is 0.739. The summed E-state index contributed by atoms with van der Waals surface area (Å²) < 4.78 is 13.4. The van der Waals surface area contributed by atoms with E-state index >= 15 is 0 Å².